The van der Waals surface area contributed by atoms with Crippen molar-refractivity contribution in [3.8, 4) is 5.75 Å². The van der Waals surface area contributed by atoms with Crippen LogP contribution in [0.25, 0.3) is 0 Å². The smallest absolute Gasteiger partial charge is 0.265 e. The van der Waals surface area contributed by atoms with Crippen molar-refractivity contribution in [2.75, 3.05) is 13.9 Å². The van der Waals surface area contributed by atoms with Gasteiger partial charge >= 0.3 is 0 Å². The fraction of sp³-hybridized carbons (Fsp3) is 0.250. The van der Waals surface area contributed by atoms with Crippen molar-refractivity contribution in [1.29, 1.82) is 0 Å². The molecule has 0 aliphatic rings. The molecule has 0 amide bonds. The van der Waals surface area contributed by atoms with E-state index in [1.54, 1.807) is 6.07 Å². The molecule has 0 spiro atoms. The molecule has 84 valence electrons. The summed E-state index contributed by atoms with van der Waals surface area (Å²) in [6.07, 6.45) is 0. The van der Waals surface area contributed by atoms with E-state index >= 15 is 0 Å². The van der Waals surface area contributed by atoms with Gasteiger partial charge in [-0.3, -0.25) is 0 Å². The number of methoxy groups -OCH3 is 1. The summed E-state index contributed by atoms with van der Waals surface area (Å²) in [4.78, 5) is -0.0874. The van der Waals surface area contributed by atoms with Crippen LogP contribution in [0.3, 0.4) is 0 Å². The molecular formula is C8H8BrClO4S. The summed E-state index contributed by atoms with van der Waals surface area (Å²) in [7, 11) is 2.86. The Morgan fingerprint density at radius 1 is 1.47 bits per heavy atom. The lowest BCUT2D eigenvalue weighted by atomic mass is 10.3. The normalized spacial score (nSPS) is 11.4. The summed E-state index contributed by atoms with van der Waals surface area (Å²) >= 11 is 3.15. The zero-order valence-electron chi connectivity index (χ0n) is 7.74. The van der Waals surface area contributed by atoms with Gasteiger partial charge in [-0.15, -0.1) is 0 Å². The van der Waals surface area contributed by atoms with Crippen molar-refractivity contribution >= 4 is 35.7 Å². The van der Waals surface area contributed by atoms with Crippen molar-refractivity contribution in [1.82, 2.24) is 0 Å². The Morgan fingerprint density at radius 3 is 2.67 bits per heavy atom. The maximum atomic E-state index is 11.2. The molecular weight excluding hydrogens is 308 g/mol. The molecule has 0 aliphatic carbocycles. The van der Waals surface area contributed by atoms with E-state index in [1.165, 1.54) is 19.2 Å². The fourth-order valence-corrected chi connectivity index (χ4v) is 2.42. The van der Waals surface area contributed by atoms with E-state index in [0.29, 0.717) is 4.47 Å². The van der Waals surface area contributed by atoms with Crippen molar-refractivity contribution in [3.63, 3.8) is 0 Å². The quantitative estimate of drug-likeness (QED) is 0.632. The molecule has 0 aliphatic heterocycles. The molecule has 0 aromatic heterocycles. The van der Waals surface area contributed by atoms with E-state index < -0.39 is 9.05 Å². The maximum Gasteiger partial charge on any atom is 0.265 e. The number of benzene rings is 1. The van der Waals surface area contributed by atoms with Crippen molar-refractivity contribution < 1.29 is 17.9 Å². The molecule has 0 atom stereocenters. The molecule has 0 unspecified atom stereocenters. The van der Waals surface area contributed by atoms with Crippen LogP contribution in [0.2, 0.25) is 0 Å². The first-order valence-corrected chi connectivity index (χ1v) is 6.91. The fourth-order valence-electron chi connectivity index (χ4n) is 0.914. The van der Waals surface area contributed by atoms with Gasteiger partial charge in [0.15, 0.2) is 6.79 Å². The van der Waals surface area contributed by atoms with Crippen LogP contribution >= 0.6 is 26.6 Å². The van der Waals surface area contributed by atoms with Crippen LogP contribution in [-0.2, 0) is 13.8 Å². The summed E-state index contributed by atoms with van der Waals surface area (Å²) in [6, 6.07) is 4.52. The van der Waals surface area contributed by atoms with Gasteiger partial charge in [-0.25, -0.2) is 8.42 Å². The minimum Gasteiger partial charge on any atom is -0.466 e. The lowest BCUT2D eigenvalue weighted by Crippen LogP contribution is -2.03. The highest BCUT2D eigenvalue weighted by molar-refractivity contribution is 9.10. The second-order valence-corrected chi connectivity index (χ2v) is 6.03. The third-order valence-electron chi connectivity index (χ3n) is 1.50. The first kappa shape index (κ1) is 12.8. The molecule has 0 bridgehead atoms. The van der Waals surface area contributed by atoms with Gasteiger partial charge in [-0.1, -0.05) is 15.9 Å². The second kappa shape index (κ2) is 5.16. The standard InChI is InChI=1S/C8H8BrClO4S/c1-13-5-14-7-3-2-6(9)4-8(7)15(10,11)12/h2-4H,5H2,1H3. The molecule has 0 N–H and O–H groups in total. The summed E-state index contributed by atoms with van der Waals surface area (Å²) < 4.78 is 32.7. The van der Waals surface area contributed by atoms with E-state index in [0.717, 1.165) is 0 Å². The van der Waals surface area contributed by atoms with Gasteiger partial charge in [-0.2, -0.15) is 0 Å². The van der Waals surface area contributed by atoms with Crippen molar-refractivity contribution in [3.05, 3.63) is 22.7 Å². The number of ether oxygens (including phenoxy) is 2. The number of hydrogen-bond donors (Lipinski definition) is 0. The van der Waals surface area contributed by atoms with Gasteiger partial charge in [0.1, 0.15) is 10.6 Å². The highest BCUT2D eigenvalue weighted by Gasteiger charge is 2.17. The summed E-state index contributed by atoms with van der Waals surface area (Å²) in [5.41, 5.74) is 0. The average molecular weight is 316 g/mol. The van der Waals surface area contributed by atoms with Crippen LogP contribution < -0.4 is 4.74 Å². The van der Waals surface area contributed by atoms with E-state index in [2.05, 4.69) is 20.7 Å². The Kier molecular flexibility index (Phi) is 4.39. The molecule has 1 aromatic rings. The monoisotopic (exact) mass is 314 g/mol. The van der Waals surface area contributed by atoms with Crippen molar-refractivity contribution in [2.24, 2.45) is 0 Å². The van der Waals surface area contributed by atoms with Crippen LogP contribution in [-0.4, -0.2) is 22.3 Å². The third-order valence-corrected chi connectivity index (χ3v) is 3.34. The predicted octanol–water partition coefficient (Wildman–Crippen LogP) is 2.36. The zero-order valence-corrected chi connectivity index (χ0v) is 10.9. The Labute approximate surface area is 101 Å². The molecule has 0 saturated carbocycles. The minimum absolute atomic E-state index is 0.0406. The first-order chi connectivity index (χ1) is 6.95. The molecule has 7 heteroatoms. The highest BCUT2D eigenvalue weighted by Crippen LogP contribution is 2.29. The molecule has 0 fully saturated rings. The van der Waals surface area contributed by atoms with Gasteiger partial charge in [0.2, 0.25) is 0 Å². The molecule has 1 aromatic carbocycles. The topological polar surface area (TPSA) is 52.6 Å². The van der Waals surface area contributed by atoms with Crippen LogP contribution in [0, 0.1) is 0 Å². The SMILES string of the molecule is COCOc1ccc(Br)cc1S(=O)(=O)Cl. The van der Waals surface area contributed by atoms with Crippen LogP contribution in [0.15, 0.2) is 27.6 Å². The zero-order chi connectivity index (χ0) is 11.5. The van der Waals surface area contributed by atoms with E-state index in [1.807, 2.05) is 0 Å². The average Bonchev–Trinajstić information content (AvgIpc) is 2.14. The van der Waals surface area contributed by atoms with Gasteiger partial charge in [-0.05, 0) is 18.2 Å². The number of rotatable bonds is 4. The predicted molar refractivity (Wildman–Crippen MR) is 59.7 cm³/mol. The molecule has 0 saturated heterocycles. The molecule has 0 heterocycles. The lowest BCUT2D eigenvalue weighted by Gasteiger charge is -2.08. The van der Waals surface area contributed by atoms with Crippen LogP contribution in [0.4, 0.5) is 0 Å². The Morgan fingerprint density at radius 2 is 2.13 bits per heavy atom. The van der Waals surface area contributed by atoms with Gasteiger partial charge in [0, 0.05) is 22.3 Å². The van der Waals surface area contributed by atoms with Gasteiger partial charge in [0.05, 0.1) is 0 Å². The summed E-state index contributed by atoms with van der Waals surface area (Å²) in [5.74, 6) is 0.162. The van der Waals surface area contributed by atoms with E-state index in [9.17, 15) is 8.42 Å². The van der Waals surface area contributed by atoms with Crippen LogP contribution in [0.1, 0.15) is 0 Å². The molecule has 0 radical (unpaired) electrons. The lowest BCUT2D eigenvalue weighted by molar-refractivity contribution is 0.0490. The van der Waals surface area contributed by atoms with Crippen molar-refractivity contribution in [2.45, 2.75) is 4.90 Å². The number of halogens is 2. The molecule has 15 heavy (non-hydrogen) atoms. The highest BCUT2D eigenvalue weighted by atomic mass is 79.9. The van der Waals surface area contributed by atoms with Gasteiger partial charge in [0.25, 0.3) is 9.05 Å². The minimum atomic E-state index is -3.82. The Balaban J connectivity index is 3.15. The summed E-state index contributed by atoms with van der Waals surface area (Å²) in [6.45, 7) is -0.0406. The molecule has 1 rings (SSSR count). The largest absolute Gasteiger partial charge is 0.466 e. The second-order valence-electron chi connectivity index (χ2n) is 2.58. The first-order valence-electron chi connectivity index (χ1n) is 3.81. The van der Waals surface area contributed by atoms with E-state index in [-0.39, 0.29) is 17.4 Å². The summed E-state index contributed by atoms with van der Waals surface area (Å²) in [5, 5.41) is 0. The Bertz CT molecular complexity index is 446. The maximum absolute atomic E-state index is 11.2. The van der Waals surface area contributed by atoms with E-state index in [4.69, 9.17) is 15.4 Å². The van der Waals surface area contributed by atoms with Gasteiger partial charge < -0.3 is 9.47 Å². The number of hydrogen-bond acceptors (Lipinski definition) is 4. The third kappa shape index (κ3) is 3.64. The Hall–Kier alpha value is -0.300. The van der Waals surface area contributed by atoms with Crippen LogP contribution in [0.5, 0.6) is 5.75 Å². The molecule has 4 nitrogen and oxygen atoms in total.